The van der Waals surface area contributed by atoms with Gasteiger partial charge in [-0.2, -0.15) is 0 Å². The molecular weight excluding hydrogens is 386 g/mol. The largest absolute Gasteiger partial charge is 0.382 e. The molecule has 0 radical (unpaired) electrons. The van der Waals surface area contributed by atoms with E-state index in [9.17, 15) is 13.2 Å². The lowest BCUT2D eigenvalue weighted by Gasteiger charge is -2.30. The van der Waals surface area contributed by atoms with E-state index in [4.69, 9.17) is 0 Å². The van der Waals surface area contributed by atoms with E-state index in [0.29, 0.717) is 38.4 Å². The Morgan fingerprint density at radius 1 is 1.00 bits per heavy atom. The van der Waals surface area contributed by atoms with E-state index in [0.717, 1.165) is 17.8 Å². The lowest BCUT2D eigenvalue weighted by Crippen LogP contribution is -2.42. The van der Waals surface area contributed by atoms with Gasteiger partial charge in [-0.25, -0.2) is 12.7 Å². The molecule has 0 spiro atoms. The fourth-order valence-corrected chi connectivity index (χ4v) is 5.91. The van der Waals surface area contributed by atoms with Crippen LogP contribution >= 0.6 is 0 Å². The van der Waals surface area contributed by atoms with Gasteiger partial charge in [-0.15, -0.1) is 0 Å². The zero-order valence-corrected chi connectivity index (χ0v) is 18.3. The maximum absolute atomic E-state index is 12.6. The van der Waals surface area contributed by atoms with Crippen LogP contribution in [0.15, 0.2) is 24.3 Å². The third-order valence-electron chi connectivity index (χ3n) is 6.10. The minimum absolute atomic E-state index is 0.0106. The molecule has 1 saturated carbocycles. The topological polar surface area (TPSA) is 78.5 Å². The lowest BCUT2D eigenvalue weighted by atomic mass is 9.95. The van der Waals surface area contributed by atoms with Crippen molar-refractivity contribution in [1.29, 1.82) is 0 Å². The molecule has 1 amide bonds. The van der Waals surface area contributed by atoms with Gasteiger partial charge in [-0.1, -0.05) is 32.6 Å². The van der Waals surface area contributed by atoms with Crippen LogP contribution in [0.1, 0.15) is 64.7 Å². The average molecular weight is 422 g/mol. The fraction of sp³-hybridized carbons (Fsp3) is 0.682. The molecule has 1 aliphatic heterocycles. The van der Waals surface area contributed by atoms with Gasteiger partial charge < -0.3 is 10.6 Å². The molecule has 29 heavy (non-hydrogen) atoms. The maximum Gasteiger partial charge on any atom is 0.227 e. The first-order chi connectivity index (χ1) is 14.0. The number of amides is 1. The number of nitrogens with zero attached hydrogens (tertiary/aromatic N) is 1. The van der Waals surface area contributed by atoms with Gasteiger partial charge in [-0.05, 0) is 56.4 Å². The molecule has 7 heteroatoms. The first-order valence-corrected chi connectivity index (χ1v) is 12.7. The van der Waals surface area contributed by atoms with E-state index in [1.807, 2.05) is 31.2 Å². The second kappa shape index (κ2) is 10.4. The van der Waals surface area contributed by atoms with E-state index in [1.165, 1.54) is 32.1 Å². The maximum atomic E-state index is 12.6. The second-order valence-corrected chi connectivity index (χ2v) is 10.5. The predicted octanol–water partition coefficient (Wildman–Crippen LogP) is 4.21. The highest BCUT2D eigenvalue weighted by Crippen LogP contribution is 2.24. The molecule has 2 aliphatic rings. The van der Waals surface area contributed by atoms with Crippen molar-refractivity contribution >= 4 is 27.3 Å². The molecule has 162 valence electrons. The van der Waals surface area contributed by atoms with Crippen LogP contribution in [-0.2, 0) is 14.8 Å². The zero-order valence-electron chi connectivity index (χ0n) is 17.5. The second-order valence-electron chi connectivity index (χ2n) is 8.39. The summed E-state index contributed by atoms with van der Waals surface area (Å²) in [5, 5.41) is 6.58. The van der Waals surface area contributed by atoms with Crippen molar-refractivity contribution in [3.63, 3.8) is 0 Å². The molecule has 0 atom stereocenters. The van der Waals surface area contributed by atoms with Crippen molar-refractivity contribution in [2.45, 2.75) is 70.8 Å². The van der Waals surface area contributed by atoms with E-state index in [1.54, 1.807) is 4.31 Å². The summed E-state index contributed by atoms with van der Waals surface area (Å²) in [6.45, 7) is 2.87. The Kier molecular flexibility index (Phi) is 7.95. The van der Waals surface area contributed by atoms with Crippen LogP contribution in [0.25, 0.3) is 0 Å². The Balaban J connectivity index is 1.46. The Morgan fingerprint density at radius 3 is 2.24 bits per heavy atom. The monoisotopic (exact) mass is 421 g/mol. The first-order valence-electron chi connectivity index (χ1n) is 11.1. The highest BCUT2D eigenvalue weighted by atomic mass is 32.2. The number of sulfonamides is 1. The average Bonchev–Trinajstić information content (AvgIpc) is 2.74. The summed E-state index contributed by atoms with van der Waals surface area (Å²) >= 11 is 0. The van der Waals surface area contributed by atoms with Crippen molar-refractivity contribution in [2.75, 3.05) is 29.5 Å². The Hall–Kier alpha value is -1.60. The molecule has 2 fully saturated rings. The SMILES string of the molecule is CCCCS(=O)(=O)N1CCC(C(=O)Nc2ccc(NC3CCCCC3)cc2)CC1. The third kappa shape index (κ3) is 6.44. The van der Waals surface area contributed by atoms with Gasteiger partial charge in [0, 0.05) is 36.4 Å². The molecule has 6 nitrogen and oxygen atoms in total. The van der Waals surface area contributed by atoms with Gasteiger partial charge in [0.25, 0.3) is 0 Å². The van der Waals surface area contributed by atoms with Crippen LogP contribution < -0.4 is 10.6 Å². The number of carbonyl (C=O) groups is 1. The van der Waals surface area contributed by atoms with Crippen molar-refractivity contribution in [2.24, 2.45) is 5.92 Å². The van der Waals surface area contributed by atoms with Gasteiger partial charge in [0.1, 0.15) is 0 Å². The van der Waals surface area contributed by atoms with E-state index in [2.05, 4.69) is 10.6 Å². The molecule has 1 aromatic carbocycles. The number of rotatable bonds is 8. The van der Waals surface area contributed by atoms with Gasteiger partial charge >= 0.3 is 0 Å². The molecule has 3 rings (SSSR count). The number of unbranched alkanes of at least 4 members (excludes halogenated alkanes) is 1. The van der Waals surface area contributed by atoms with Crippen LogP contribution in [0, 0.1) is 5.92 Å². The van der Waals surface area contributed by atoms with E-state index < -0.39 is 10.0 Å². The number of nitrogens with one attached hydrogen (secondary N) is 2. The third-order valence-corrected chi connectivity index (χ3v) is 8.06. The number of carbonyl (C=O) groups excluding carboxylic acids is 1. The number of benzene rings is 1. The highest BCUT2D eigenvalue weighted by molar-refractivity contribution is 7.89. The Labute approximate surface area is 175 Å². The molecule has 1 heterocycles. The van der Waals surface area contributed by atoms with Crippen molar-refractivity contribution in [3.05, 3.63) is 24.3 Å². The number of anilines is 2. The molecule has 1 saturated heterocycles. The van der Waals surface area contributed by atoms with Crippen LogP contribution in [0.3, 0.4) is 0 Å². The summed E-state index contributed by atoms with van der Waals surface area (Å²) in [6.07, 6.45) is 9.11. The fourth-order valence-electron chi connectivity index (χ4n) is 4.23. The van der Waals surface area contributed by atoms with Gasteiger partial charge in [-0.3, -0.25) is 4.79 Å². The zero-order chi connectivity index (χ0) is 20.7. The van der Waals surface area contributed by atoms with Crippen LogP contribution in [0.4, 0.5) is 11.4 Å². The number of hydrogen-bond acceptors (Lipinski definition) is 4. The van der Waals surface area contributed by atoms with Gasteiger partial charge in [0.15, 0.2) is 0 Å². The summed E-state index contributed by atoms with van der Waals surface area (Å²) in [4.78, 5) is 12.6. The quantitative estimate of drug-likeness (QED) is 0.659. The van der Waals surface area contributed by atoms with Crippen molar-refractivity contribution in [3.8, 4) is 0 Å². The number of hydrogen-bond donors (Lipinski definition) is 2. The minimum atomic E-state index is -3.18. The highest BCUT2D eigenvalue weighted by Gasteiger charge is 2.30. The lowest BCUT2D eigenvalue weighted by molar-refractivity contribution is -0.120. The minimum Gasteiger partial charge on any atom is -0.382 e. The molecular formula is C22H35N3O3S. The van der Waals surface area contributed by atoms with Crippen LogP contribution in [-0.4, -0.2) is 43.5 Å². The van der Waals surface area contributed by atoms with Crippen molar-refractivity contribution in [1.82, 2.24) is 4.31 Å². The summed E-state index contributed by atoms with van der Waals surface area (Å²) in [6, 6.07) is 8.48. The molecule has 0 bridgehead atoms. The normalized spacial score (nSPS) is 19.8. The van der Waals surface area contributed by atoms with E-state index in [-0.39, 0.29) is 17.6 Å². The van der Waals surface area contributed by atoms with Crippen LogP contribution in [0.5, 0.6) is 0 Å². The van der Waals surface area contributed by atoms with E-state index >= 15 is 0 Å². The van der Waals surface area contributed by atoms with Crippen molar-refractivity contribution < 1.29 is 13.2 Å². The standard InChI is InChI=1S/C22H35N3O3S/c1-2-3-17-29(27,28)25-15-13-18(14-16-25)22(26)24-21-11-9-20(10-12-21)23-19-7-5-4-6-8-19/h9-12,18-19,23H,2-8,13-17H2,1H3,(H,24,26). The van der Waals surface area contributed by atoms with Gasteiger partial charge in [0.05, 0.1) is 5.75 Å². The Morgan fingerprint density at radius 2 is 1.62 bits per heavy atom. The smallest absolute Gasteiger partial charge is 0.227 e. The first kappa shape index (κ1) is 22.1. The summed E-state index contributed by atoms with van der Waals surface area (Å²) < 4.78 is 26.2. The van der Waals surface area contributed by atoms with Gasteiger partial charge in [0.2, 0.25) is 15.9 Å². The molecule has 0 unspecified atom stereocenters. The molecule has 0 aromatic heterocycles. The molecule has 1 aliphatic carbocycles. The Bertz CT molecular complexity index is 750. The number of piperidine rings is 1. The summed E-state index contributed by atoms with van der Waals surface area (Å²) in [5.74, 6) is 0.0676. The predicted molar refractivity (Wildman–Crippen MR) is 119 cm³/mol. The van der Waals surface area contributed by atoms with Crippen LogP contribution in [0.2, 0.25) is 0 Å². The molecule has 1 aromatic rings. The summed E-state index contributed by atoms with van der Waals surface area (Å²) in [7, 11) is -3.18. The molecule has 2 N–H and O–H groups in total. The summed E-state index contributed by atoms with van der Waals surface area (Å²) in [5.41, 5.74) is 1.89.